The molecular formula is C17H19N5O. The largest absolute Gasteiger partial charge is 0.363 e. The van der Waals surface area contributed by atoms with Gasteiger partial charge >= 0.3 is 0 Å². The number of nitrogens with zero attached hydrogens (tertiary/aromatic N) is 4. The molecule has 0 saturated carbocycles. The van der Waals surface area contributed by atoms with Crippen LogP contribution < -0.4 is 5.32 Å². The third-order valence-corrected chi connectivity index (χ3v) is 4.52. The van der Waals surface area contributed by atoms with Crippen molar-refractivity contribution < 1.29 is 4.79 Å². The van der Waals surface area contributed by atoms with E-state index in [1.807, 2.05) is 17.0 Å². The molecule has 1 fully saturated rings. The van der Waals surface area contributed by atoms with Crippen molar-refractivity contribution in [2.24, 2.45) is 0 Å². The third kappa shape index (κ3) is 2.65. The fourth-order valence-electron chi connectivity index (χ4n) is 3.20. The number of pyridine rings is 1. The Kier molecular flexibility index (Phi) is 3.44. The number of hydrogen-bond acceptors (Lipinski definition) is 5. The standard InChI is InChI=1S/C17H19N5O/c1-11(23)22-9-13(10-22)19-17-14-5-2-6-15(14)20-16(21-17)12-4-3-7-18-8-12/h3-4,7-8,13H,2,5-6,9-10H2,1H3,(H,19,20,21). The summed E-state index contributed by atoms with van der Waals surface area (Å²) in [5.74, 6) is 1.79. The van der Waals surface area contributed by atoms with Crippen LogP contribution in [-0.4, -0.2) is 44.9 Å². The number of hydrogen-bond donors (Lipinski definition) is 1. The molecule has 23 heavy (non-hydrogen) atoms. The van der Waals surface area contributed by atoms with Gasteiger partial charge in [0.25, 0.3) is 0 Å². The lowest BCUT2D eigenvalue weighted by molar-refractivity contribution is -0.132. The summed E-state index contributed by atoms with van der Waals surface area (Å²) in [5.41, 5.74) is 3.31. The Labute approximate surface area is 135 Å². The van der Waals surface area contributed by atoms with Crippen LogP contribution in [0.15, 0.2) is 24.5 Å². The second-order valence-electron chi connectivity index (χ2n) is 6.18. The second kappa shape index (κ2) is 5.61. The van der Waals surface area contributed by atoms with Gasteiger partial charge in [-0.25, -0.2) is 9.97 Å². The molecule has 6 nitrogen and oxygen atoms in total. The van der Waals surface area contributed by atoms with Gasteiger partial charge in [-0.2, -0.15) is 0 Å². The first kappa shape index (κ1) is 14.1. The van der Waals surface area contributed by atoms with E-state index in [0.29, 0.717) is 0 Å². The highest BCUT2D eigenvalue weighted by Crippen LogP contribution is 2.30. The summed E-state index contributed by atoms with van der Waals surface area (Å²) in [6.07, 6.45) is 6.69. The van der Waals surface area contributed by atoms with E-state index in [-0.39, 0.29) is 11.9 Å². The van der Waals surface area contributed by atoms with Crippen molar-refractivity contribution >= 4 is 11.7 Å². The number of fused-ring (bicyclic) bond motifs is 1. The van der Waals surface area contributed by atoms with Crippen LogP contribution in [-0.2, 0) is 17.6 Å². The van der Waals surface area contributed by atoms with Crippen molar-refractivity contribution in [3.8, 4) is 11.4 Å². The van der Waals surface area contributed by atoms with Crippen molar-refractivity contribution in [3.05, 3.63) is 35.8 Å². The molecule has 0 aromatic carbocycles. The minimum atomic E-state index is 0.131. The Morgan fingerprint density at radius 1 is 1.30 bits per heavy atom. The van der Waals surface area contributed by atoms with E-state index in [0.717, 1.165) is 55.3 Å². The molecule has 6 heteroatoms. The number of anilines is 1. The molecule has 1 amide bonds. The summed E-state index contributed by atoms with van der Waals surface area (Å²) in [4.78, 5) is 26.8. The van der Waals surface area contributed by atoms with Gasteiger partial charge in [0.05, 0.1) is 6.04 Å². The van der Waals surface area contributed by atoms with E-state index in [9.17, 15) is 4.79 Å². The zero-order valence-corrected chi connectivity index (χ0v) is 13.1. The molecule has 0 radical (unpaired) electrons. The van der Waals surface area contributed by atoms with Gasteiger partial charge in [0.1, 0.15) is 5.82 Å². The highest BCUT2D eigenvalue weighted by atomic mass is 16.2. The minimum Gasteiger partial charge on any atom is -0.363 e. The molecule has 2 aromatic heterocycles. The lowest BCUT2D eigenvalue weighted by Crippen LogP contribution is -2.56. The van der Waals surface area contributed by atoms with E-state index in [1.165, 1.54) is 5.56 Å². The number of carbonyl (C=O) groups excluding carboxylic acids is 1. The van der Waals surface area contributed by atoms with Gasteiger partial charge < -0.3 is 10.2 Å². The molecule has 0 spiro atoms. The molecule has 3 heterocycles. The zero-order valence-electron chi connectivity index (χ0n) is 13.1. The number of likely N-dealkylation sites (tertiary alicyclic amines) is 1. The minimum absolute atomic E-state index is 0.131. The maximum atomic E-state index is 11.3. The summed E-state index contributed by atoms with van der Waals surface area (Å²) in [6, 6.07) is 4.16. The molecule has 118 valence electrons. The predicted molar refractivity (Wildman–Crippen MR) is 87.0 cm³/mol. The molecule has 1 N–H and O–H groups in total. The maximum Gasteiger partial charge on any atom is 0.219 e. The van der Waals surface area contributed by atoms with Gasteiger partial charge in [0.2, 0.25) is 5.91 Å². The first-order chi connectivity index (χ1) is 11.2. The second-order valence-corrected chi connectivity index (χ2v) is 6.18. The van der Waals surface area contributed by atoms with Crippen molar-refractivity contribution in [1.82, 2.24) is 19.9 Å². The van der Waals surface area contributed by atoms with Crippen molar-refractivity contribution in [3.63, 3.8) is 0 Å². The Morgan fingerprint density at radius 2 is 2.17 bits per heavy atom. The number of nitrogens with one attached hydrogen (secondary N) is 1. The first-order valence-electron chi connectivity index (χ1n) is 8.03. The molecule has 2 aliphatic rings. The average molecular weight is 309 g/mol. The maximum absolute atomic E-state index is 11.3. The van der Waals surface area contributed by atoms with Crippen LogP contribution in [0.25, 0.3) is 11.4 Å². The highest BCUT2D eigenvalue weighted by molar-refractivity contribution is 5.74. The topological polar surface area (TPSA) is 71.0 Å². The number of rotatable bonds is 3. The summed E-state index contributed by atoms with van der Waals surface area (Å²) in [5, 5.41) is 3.51. The quantitative estimate of drug-likeness (QED) is 0.934. The highest BCUT2D eigenvalue weighted by Gasteiger charge is 2.30. The van der Waals surface area contributed by atoms with Gasteiger partial charge in [-0.15, -0.1) is 0 Å². The van der Waals surface area contributed by atoms with E-state index < -0.39 is 0 Å². The SMILES string of the molecule is CC(=O)N1CC(Nc2nc(-c3cccnc3)nc3c2CCC3)C1. The van der Waals surface area contributed by atoms with Crippen molar-refractivity contribution in [2.75, 3.05) is 18.4 Å². The van der Waals surface area contributed by atoms with E-state index >= 15 is 0 Å². The van der Waals surface area contributed by atoms with Crippen LogP contribution in [0.3, 0.4) is 0 Å². The van der Waals surface area contributed by atoms with Gasteiger partial charge in [0.15, 0.2) is 5.82 Å². The lowest BCUT2D eigenvalue weighted by Gasteiger charge is -2.39. The molecule has 2 aromatic rings. The summed E-state index contributed by atoms with van der Waals surface area (Å²) < 4.78 is 0. The summed E-state index contributed by atoms with van der Waals surface area (Å²) in [7, 11) is 0. The number of aryl methyl sites for hydroxylation is 1. The van der Waals surface area contributed by atoms with Crippen molar-refractivity contribution in [1.29, 1.82) is 0 Å². The molecule has 0 atom stereocenters. The molecule has 0 bridgehead atoms. The van der Waals surface area contributed by atoms with Crippen LogP contribution in [0.4, 0.5) is 5.82 Å². The van der Waals surface area contributed by atoms with E-state index in [1.54, 1.807) is 19.3 Å². The van der Waals surface area contributed by atoms with E-state index in [2.05, 4.69) is 10.3 Å². The smallest absolute Gasteiger partial charge is 0.219 e. The fraction of sp³-hybridized carbons (Fsp3) is 0.412. The average Bonchev–Trinajstić information content (AvgIpc) is 2.99. The number of amides is 1. The lowest BCUT2D eigenvalue weighted by atomic mass is 10.1. The first-order valence-corrected chi connectivity index (χ1v) is 8.03. The number of carbonyl (C=O) groups is 1. The van der Waals surface area contributed by atoms with Crippen molar-refractivity contribution in [2.45, 2.75) is 32.2 Å². The van der Waals surface area contributed by atoms with Crippen LogP contribution in [0.1, 0.15) is 24.6 Å². The van der Waals surface area contributed by atoms with Crippen LogP contribution in [0.5, 0.6) is 0 Å². The third-order valence-electron chi connectivity index (χ3n) is 4.52. The van der Waals surface area contributed by atoms with Gasteiger partial charge in [0, 0.05) is 49.2 Å². The Hall–Kier alpha value is -2.50. The summed E-state index contributed by atoms with van der Waals surface area (Å²) >= 11 is 0. The fourth-order valence-corrected chi connectivity index (χ4v) is 3.20. The molecule has 1 saturated heterocycles. The van der Waals surface area contributed by atoms with Gasteiger partial charge in [-0.05, 0) is 31.4 Å². The van der Waals surface area contributed by atoms with E-state index in [4.69, 9.17) is 9.97 Å². The molecule has 1 aliphatic carbocycles. The van der Waals surface area contributed by atoms with Gasteiger partial charge in [-0.3, -0.25) is 9.78 Å². The predicted octanol–water partition coefficient (Wildman–Crippen LogP) is 1.67. The van der Waals surface area contributed by atoms with Crippen LogP contribution in [0, 0.1) is 0 Å². The monoisotopic (exact) mass is 309 g/mol. The Morgan fingerprint density at radius 3 is 2.91 bits per heavy atom. The molecule has 1 aliphatic heterocycles. The molecule has 4 rings (SSSR count). The normalized spacial score (nSPS) is 16.8. The van der Waals surface area contributed by atoms with Crippen LogP contribution in [0.2, 0.25) is 0 Å². The van der Waals surface area contributed by atoms with Crippen LogP contribution >= 0.6 is 0 Å². The zero-order chi connectivity index (χ0) is 15.8. The Bertz CT molecular complexity index is 740. The summed E-state index contributed by atoms with van der Waals surface area (Å²) in [6.45, 7) is 3.10. The molecular weight excluding hydrogens is 290 g/mol. The molecule has 0 unspecified atom stereocenters. The Balaban J connectivity index is 1.61. The van der Waals surface area contributed by atoms with Gasteiger partial charge in [-0.1, -0.05) is 0 Å². The number of aromatic nitrogens is 3.